The van der Waals surface area contributed by atoms with Gasteiger partial charge >= 0.3 is 0 Å². The second kappa shape index (κ2) is 8.19. The highest BCUT2D eigenvalue weighted by Crippen LogP contribution is 2.32. The van der Waals surface area contributed by atoms with Crippen molar-refractivity contribution in [3.8, 4) is 0 Å². The second-order valence-corrected chi connectivity index (χ2v) is 7.99. The van der Waals surface area contributed by atoms with Crippen molar-refractivity contribution < 1.29 is 13.6 Å². The van der Waals surface area contributed by atoms with Crippen LogP contribution in [0, 0.1) is 25.5 Å². The zero-order chi connectivity index (χ0) is 19.6. The number of nitrogens with zero attached hydrogens (tertiary/aromatic N) is 2. The van der Waals surface area contributed by atoms with E-state index in [1.807, 2.05) is 37.4 Å². The van der Waals surface area contributed by atoms with Crippen molar-refractivity contribution in [3.05, 3.63) is 70.2 Å². The molecule has 3 nitrogen and oxygen atoms in total. The zero-order valence-electron chi connectivity index (χ0n) is 15.1. The largest absolute Gasteiger partial charge is 0.274 e. The lowest BCUT2D eigenvalue weighted by Crippen LogP contribution is -2.22. The number of anilines is 2. The van der Waals surface area contributed by atoms with Gasteiger partial charge in [0.25, 0.3) is 0 Å². The third-order valence-corrected chi connectivity index (χ3v) is 5.97. The number of thioether (sulfide) groups is 1. The highest BCUT2D eigenvalue weighted by atomic mass is 32.2. The van der Waals surface area contributed by atoms with Gasteiger partial charge in [0, 0.05) is 23.0 Å². The van der Waals surface area contributed by atoms with Crippen molar-refractivity contribution in [1.29, 1.82) is 0 Å². The molecule has 27 heavy (non-hydrogen) atoms. The number of carbonyl (C=O) groups excluding carboxylic acids is 1. The quantitative estimate of drug-likeness (QED) is 0.488. The predicted molar refractivity (Wildman–Crippen MR) is 107 cm³/mol. The minimum Gasteiger partial charge on any atom is -0.274 e. The van der Waals surface area contributed by atoms with E-state index in [4.69, 9.17) is 0 Å². The predicted octanol–water partition coefficient (Wildman–Crippen LogP) is 6.02. The SMILES string of the molecule is CC(=O)N(c1ccc(C)c(C)c1)c1nc(CSc2ccc(F)c(F)c2)cs1. The number of aromatic nitrogens is 1. The first-order chi connectivity index (χ1) is 12.8. The van der Waals surface area contributed by atoms with E-state index in [1.165, 1.54) is 42.2 Å². The van der Waals surface area contributed by atoms with Gasteiger partial charge in [0.05, 0.1) is 11.4 Å². The van der Waals surface area contributed by atoms with Crippen LogP contribution in [0.3, 0.4) is 0 Å². The zero-order valence-corrected chi connectivity index (χ0v) is 16.8. The first-order valence-electron chi connectivity index (χ1n) is 8.25. The van der Waals surface area contributed by atoms with Crippen molar-refractivity contribution in [2.75, 3.05) is 4.90 Å². The molecule has 0 aliphatic carbocycles. The summed E-state index contributed by atoms with van der Waals surface area (Å²) in [6.07, 6.45) is 0. The number of carbonyl (C=O) groups is 1. The lowest BCUT2D eigenvalue weighted by atomic mass is 10.1. The summed E-state index contributed by atoms with van der Waals surface area (Å²) in [5, 5.41) is 2.46. The second-order valence-electron chi connectivity index (χ2n) is 6.11. The molecule has 2 aromatic carbocycles. The molecule has 0 N–H and O–H groups in total. The summed E-state index contributed by atoms with van der Waals surface area (Å²) in [5.41, 5.74) is 3.81. The molecule has 0 bridgehead atoms. The molecule has 1 amide bonds. The maximum absolute atomic E-state index is 13.3. The highest BCUT2D eigenvalue weighted by Gasteiger charge is 2.18. The summed E-state index contributed by atoms with van der Waals surface area (Å²) in [4.78, 5) is 19.0. The Balaban J connectivity index is 1.78. The van der Waals surface area contributed by atoms with Crippen molar-refractivity contribution in [2.45, 2.75) is 31.4 Å². The minimum absolute atomic E-state index is 0.118. The summed E-state index contributed by atoms with van der Waals surface area (Å²) in [6.45, 7) is 5.53. The molecule has 0 aliphatic heterocycles. The van der Waals surface area contributed by atoms with Crippen LogP contribution in [0.25, 0.3) is 0 Å². The third kappa shape index (κ3) is 4.54. The van der Waals surface area contributed by atoms with Crippen LogP contribution in [0.1, 0.15) is 23.7 Å². The fourth-order valence-electron chi connectivity index (χ4n) is 2.48. The van der Waals surface area contributed by atoms with Gasteiger partial charge in [-0.15, -0.1) is 23.1 Å². The van der Waals surface area contributed by atoms with E-state index >= 15 is 0 Å². The van der Waals surface area contributed by atoms with Gasteiger partial charge in [-0.2, -0.15) is 0 Å². The van der Waals surface area contributed by atoms with Crippen molar-refractivity contribution in [2.24, 2.45) is 0 Å². The molecule has 7 heteroatoms. The normalized spacial score (nSPS) is 10.9. The monoisotopic (exact) mass is 404 g/mol. The van der Waals surface area contributed by atoms with Crippen LogP contribution in [0.5, 0.6) is 0 Å². The van der Waals surface area contributed by atoms with E-state index in [2.05, 4.69) is 4.98 Å². The number of benzene rings is 2. The summed E-state index contributed by atoms with van der Waals surface area (Å²) in [5.74, 6) is -1.34. The number of rotatable bonds is 5. The van der Waals surface area contributed by atoms with E-state index in [0.29, 0.717) is 15.8 Å². The van der Waals surface area contributed by atoms with E-state index in [-0.39, 0.29) is 5.91 Å². The van der Waals surface area contributed by atoms with E-state index < -0.39 is 11.6 Å². The maximum Gasteiger partial charge on any atom is 0.230 e. The standard InChI is InChI=1S/C20H18F2N2OS2/c1-12-4-5-16(8-13(12)2)24(14(3)25)20-23-15(11-27-20)10-26-17-6-7-18(21)19(22)9-17/h4-9,11H,10H2,1-3H3. The lowest BCUT2D eigenvalue weighted by Gasteiger charge is -2.19. The number of aryl methyl sites for hydroxylation is 2. The van der Waals surface area contributed by atoms with Gasteiger partial charge < -0.3 is 0 Å². The Kier molecular flexibility index (Phi) is 5.92. The fourth-order valence-corrected chi connectivity index (χ4v) is 4.29. The summed E-state index contributed by atoms with van der Waals surface area (Å²) in [7, 11) is 0. The first kappa shape index (κ1) is 19.5. The molecule has 0 unspecified atom stereocenters. The maximum atomic E-state index is 13.3. The van der Waals surface area contributed by atoms with Gasteiger partial charge in [-0.1, -0.05) is 6.07 Å². The Labute approximate surface area is 165 Å². The average molecular weight is 405 g/mol. The fraction of sp³-hybridized carbons (Fsp3) is 0.200. The molecule has 3 aromatic rings. The summed E-state index contributed by atoms with van der Waals surface area (Å²) >= 11 is 2.74. The van der Waals surface area contributed by atoms with Gasteiger partial charge in [-0.25, -0.2) is 13.8 Å². The van der Waals surface area contributed by atoms with Gasteiger partial charge in [0.2, 0.25) is 5.91 Å². The van der Waals surface area contributed by atoms with Crippen molar-refractivity contribution in [1.82, 2.24) is 4.98 Å². The number of amides is 1. The Hall–Kier alpha value is -2.25. The topological polar surface area (TPSA) is 33.2 Å². The molecule has 1 aromatic heterocycles. The average Bonchev–Trinajstić information content (AvgIpc) is 3.07. The Bertz CT molecular complexity index is 988. The van der Waals surface area contributed by atoms with E-state index in [0.717, 1.165) is 28.6 Å². The molecular weight excluding hydrogens is 386 g/mol. The molecule has 0 aliphatic rings. The van der Waals surface area contributed by atoms with Crippen molar-refractivity contribution >= 4 is 39.8 Å². The highest BCUT2D eigenvalue weighted by molar-refractivity contribution is 7.98. The van der Waals surface area contributed by atoms with E-state index in [1.54, 1.807) is 4.90 Å². The van der Waals surface area contributed by atoms with Gasteiger partial charge in [0.15, 0.2) is 16.8 Å². The molecule has 0 radical (unpaired) electrons. The Morgan fingerprint density at radius 2 is 1.89 bits per heavy atom. The van der Waals surface area contributed by atoms with Crippen LogP contribution in [-0.4, -0.2) is 10.9 Å². The number of hydrogen-bond donors (Lipinski definition) is 0. The van der Waals surface area contributed by atoms with Gasteiger partial charge in [0.1, 0.15) is 0 Å². The smallest absolute Gasteiger partial charge is 0.230 e. The molecular formula is C20H18F2N2OS2. The summed E-state index contributed by atoms with van der Waals surface area (Å²) < 4.78 is 26.3. The first-order valence-corrected chi connectivity index (χ1v) is 10.1. The molecule has 1 heterocycles. The molecule has 0 fully saturated rings. The molecule has 0 saturated heterocycles. The number of halogens is 2. The van der Waals surface area contributed by atoms with Crippen LogP contribution >= 0.6 is 23.1 Å². The molecule has 140 valence electrons. The minimum atomic E-state index is -0.864. The Morgan fingerprint density at radius 3 is 2.56 bits per heavy atom. The lowest BCUT2D eigenvalue weighted by molar-refractivity contribution is -0.115. The van der Waals surface area contributed by atoms with E-state index in [9.17, 15) is 13.6 Å². The van der Waals surface area contributed by atoms with Crippen molar-refractivity contribution in [3.63, 3.8) is 0 Å². The van der Waals surface area contributed by atoms with Gasteiger partial charge in [-0.3, -0.25) is 9.69 Å². The van der Waals surface area contributed by atoms with Crippen LogP contribution in [0.2, 0.25) is 0 Å². The Morgan fingerprint density at radius 1 is 1.11 bits per heavy atom. The molecule has 0 saturated carbocycles. The molecule has 3 rings (SSSR count). The van der Waals surface area contributed by atoms with Crippen LogP contribution in [0.15, 0.2) is 46.7 Å². The number of thiazole rings is 1. The van der Waals surface area contributed by atoms with Gasteiger partial charge in [-0.05, 0) is 55.3 Å². The van der Waals surface area contributed by atoms with Crippen LogP contribution < -0.4 is 4.90 Å². The molecule has 0 spiro atoms. The number of hydrogen-bond acceptors (Lipinski definition) is 4. The third-order valence-electron chi connectivity index (χ3n) is 4.07. The summed E-state index contributed by atoms with van der Waals surface area (Å²) in [6, 6.07) is 9.67. The van der Waals surface area contributed by atoms with Crippen LogP contribution in [0.4, 0.5) is 19.6 Å². The molecule has 0 atom stereocenters. The van der Waals surface area contributed by atoms with Crippen LogP contribution in [-0.2, 0) is 10.5 Å².